The molecule has 0 aliphatic rings. The van der Waals surface area contributed by atoms with E-state index in [0.717, 1.165) is 7.40 Å². The van der Waals surface area contributed by atoms with E-state index in [0.29, 0.717) is 11.5 Å². The molecule has 0 fully saturated rings. The molecule has 3 nitrogen and oxygen atoms in total. The molecule has 0 saturated carbocycles. The predicted molar refractivity (Wildman–Crippen MR) is 64.4 cm³/mol. The van der Waals surface area contributed by atoms with Crippen molar-refractivity contribution in [3.8, 4) is 0 Å². The molecule has 0 saturated heterocycles. The van der Waals surface area contributed by atoms with Gasteiger partial charge in [0.05, 0.1) is 17.9 Å². The van der Waals surface area contributed by atoms with Gasteiger partial charge in [0.1, 0.15) is 7.40 Å². The van der Waals surface area contributed by atoms with E-state index in [4.69, 9.17) is 18.0 Å². The minimum Gasteiger partial charge on any atom is -0.392 e. The average Bonchev–Trinajstić information content (AvgIpc) is 2.18. The molecule has 11 heavy (non-hydrogen) atoms. The van der Waals surface area contributed by atoms with Crippen LogP contribution in [0.1, 0.15) is 0 Å². The van der Waals surface area contributed by atoms with Crippen molar-refractivity contribution < 1.29 is 0 Å². The molecule has 1 aromatic rings. The highest BCUT2D eigenvalue weighted by molar-refractivity contribution is 14.1. The van der Waals surface area contributed by atoms with Gasteiger partial charge in [-0.1, -0.05) is 12.2 Å². The molecular formula is C5H5I2N3S. The highest BCUT2D eigenvalue weighted by atomic mass is 127. The Labute approximate surface area is 97.0 Å². The van der Waals surface area contributed by atoms with Gasteiger partial charge < -0.3 is 10.3 Å². The van der Waals surface area contributed by atoms with Gasteiger partial charge in [-0.15, -0.1) is 0 Å². The Bertz CT molecular complexity index is 283. The molecule has 0 bridgehead atoms. The van der Waals surface area contributed by atoms with E-state index in [1.807, 2.05) is 4.57 Å². The molecule has 0 aliphatic carbocycles. The fraction of sp³-hybridized carbons (Fsp3) is 0.200. The Balaban J connectivity index is 2.87. The Kier molecular flexibility index (Phi) is 3.50. The molecule has 0 radical (unpaired) electrons. The lowest BCUT2D eigenvalue weighted by atomic mass is 10.6. The molecule has 0 spiro atoms. The van der Waals surface area contributed by atoms with Crippen molar-refractivity contribution in [2.24, 2.45) is 5.73 Å². The summed E-state index contributed by atoms with van der Waals surface area (Å²) in [5.74, 6) is 0. The zero-order valence-electron chi connectivity index (χ0n) is 5.42. The zero-order chi connectivity index (χ0) is 8.43. The van der Waals surface area contributed by atoms with E-state index < -0.39 is 0 Å². The summed E-state index contributed by atoms with van der Waals surface area (Å²) in [6, 6.07) is 0. The third-order valence-electron chi connectivity index (χ3n) is 1.06. The fourth-order valence-electron chi connectivity index (χ4n) is 0.621. The van der Waals surface area contributed by atoms with E-state index >= 15 is 0 Å². The highest BCUT2D eigenvalue weighted by Crippen LogP contribution is 2.12. The topological polar surface area (TPSA) is 43.8 Å². The standard InChI is InChI=1S/C5H5I2N3S/c6-4-5(7)10(2-9-4)1-3(8)11/h2H,1H2,(H2,8,11). The van der Waals surface area contributed by atoms with Gasteiger partial charge in [0.2, 0.25) is 0 Å². The largest absolute Gasteiger partial charge is 0.392 e. The first kappa shape index (κ1) is 9.65. The number of nitrogens with zero attached hydrogens (tertiary/aromatic N) is 2. The van der Waals surface area contributed by atoms with Crippen LogP contribution >= 0.6 is 57.4 Å². The van der Waals surface area contributed by atoms with Crippen LogP contribution in [0.15, 0.2) is 6.33 Å². The van der Waals surface area contributed by atoms with Gasteiger partial charge in [-0.05, 0) is 45.2 Å². The molecular weight excluding hydrogens is 388 g/mol. The van der Waals surface area contributed by atoms with Crippen LogP contribution in [-0.2, 0) is 6.54 Å². The molecule has 0 amide bonds. The van der Waals surface area contributed by atoms with Gasteiger partial charge in [0.15, 0.2) is 0 Å². The minimum absolute atomic E-state index is 0.483. The second-order valence-corrected chi connectivity index (χ2v) is 4.49. The Morgan fingerprint density at radius 3 is 2.73 bits per heavy atom. The molecule has 1 rings (SSSR count). The number of imidazole rings is 1. The maximum atomic E-state index is 5.38. The third kappa shape index (κ3) is 2.51. The fourth-order valence-corrected chi connectivity index (χ4v) is 1.63. The van der Waals surface area contributed by atoms with Crippen LogP contribution in [-0.4, -0.2) is 14.5 Å². The lowest BCUT2D eigenvalue weighted by Gasteiger charge is -2.00. The van der Waals surface area contributed by atoms with Crippen LogP contribution in [0, 0.1) is 7.40 Å². The number of halogens is 2. The number of hydrogen-bond acceptors (Lipinski definition) is 2. The number of rotatable bonds is 2. The molecule has 1 aromatic heterocycles. The van der Waals surface area contributed by atoms with E-state index in [1.165, 1.54) is 0 Å². The molecule has 60 valence electrons. The van der Waals surface area contributed by atoms with Crippen LogP contribution in [0.4, 0.5) is 0 Å². The molecule has 0 atom stereocenters. The first-order valence-corrected chi connectivity index (χ1v) is 5.32. The van der Waals surface area contributed by atoms with Crippen molar-refractivity contribution in [2.45, 2.75) is 6.54 Å². The van der Waals surface area contributed by atoms with Gasteiger partial charge in [0.25, 0.3) is 0 Å². The zero-order valence-corrected chi connectivity index (χ0v) is 10.6. The van der Waals surface area contributed by atoms with Crippen molar-refractivity contribution in [1.82, 2.24) is 9.55 Å². The van der Waals surface area contributed by atoms with Gasteiger partial charge in [-0.2, -0.15) is 0 Å². The Morgan fingerprint density at radius 1 is 1.73 bits per heavy atom. The highest BCUT2D eigenvalue weighted by Gasteiger charge is 2.04. The molecule has 0 aromatic carbocycles. The smallest absolute Gasteiger partial charge is 0.132 e. The molecule has 6 heteroatoms. The summed E-state index contributed by atoms with van der Waals surface area (Å²) < 4.78 is 3.99. The van der Waals surface area contributed by atoms with Crippen molar-refractivity contribution in [3.63, 3.8) is 0 Å². The van der Waals surface area contributed by atoms with Gasteiger partial charge in [-0.25, -0.2) is 4.98 Å². The lowest BCUT2D eigenvalue weighted by molar-refractivity contribution is 0.830. The molecule has 0 unspecified atom stereocenters. The predicted octanol–water partition coefficient (Wildman–Crippen LogP) is 1.38. The minimum atomic E-state index is 0.483. The summed E-state index contributed by atoms with van der Waals surface area (Å²) in [5, 5.41) is 0. The van der Waals surface area contributed by atoms with E-state index in [-0.39, 0.29) is 0 Å². The number of thiocarbonyl (C=S) groups is 1. The van der Waals surface area contributed by atoms with Crippen molar-refractivity contribution in [2.75, 3.05) is 0 Å². The SMILES string of the molecule is NC(=S)Cn1cnc(I)c1I. The van der Waals surface area contributed by atoms with E-state index in [1.54, 1.807) is 6.33 Å². The third-order valence-corrected chi connectivity index (χ3v) is 4.14. The molecule has 1 heterocycles. The van der Waals surface area contributed by atoms with Crippen molar-refractivity contribution in [3.05, 3.63) is 13.7 Å². The number of nitrogens with two attached hydrogens (primary N) is 1. The van der Waals surface area contributed by atoms with Gasteiger partial charge in [0, 0.05) is 0 Å². The van der Waals surface area contributed by atoms with Crippen LogP contribution < -0.4 is 5.73 Å². The summed E-state index contributed by atoms with van der Waals surface area (Å²) in [7, 11) is 0. The van der Waals surface area contributed by atoms with E-state index in [2.05, 4.69) is 50.2 Å². The number of aromatic nitrogens is 2. The normalized spacial score (nSPS) is 10.0. The maximum Gasteiger partial charge on any atom is 0.132 e. The van der Waals surface area contributed by atoms with Gasteiger partial charge in [-0.3, -0.25) is 0 Å². The summed E-state index contributed by atoms with van der Waals surface area (Å²) >= 11 is 9.15. The van der Waals surface area contributed by atoms with Crippen molar-refractivity contribution in [1.29, 1.82) is 0 Å². The Morgan fingerprint density at radius 2 is 2.36 bits per heavy atom. The summed E-state index contributed by atoms with van der Waals surface area (Å²) in [5.41, 5.74) is 5.38. The van der Waals surface area contributed by atoms with Crippen LogP contribution in [0.2, 0.25) is 0 Å². The second-order valence-electron chi connectivity index (χ2n) is 1.92. The first-order valence-electron chi connectivity index (χ1n) is 2.75. The molecule has 0 aliphatic heterocycles. The molecule has 2 N–H and O–H groups in total. The monoisotopic (exact) mass is 393 g/mol. The second kappa shape index (κ2) is 3.99. The quantitative estimate of drug-likeness (QED) is 0.610. The van der Waals surface area contributed by atoms with Crippen molar-refractivity contribution >= 4 is 62.4 Å². The summed E-state index contributed by atoms with van der Waals surface area (Å²) in [4.78, 5) is 4.58. The maximum absolute atomic E-state index is 5.38. The van der Waals surface area contributed by atoms with Crippen LogP contribution in [0.25, 0.3) is 0 Å². The van der Waals surface area contributed by atoms with Gasteiger partial charge >= 0.3 is 0 Å². The summed E-state index contributed by atoms with van der Waals surface area (Å²) in [6.45, 7) is 0.573. The average molecular weight is 393 g/mol. The van der Waals surface area contributed by atoms with Crippen LogP contribution in [0.5, 0.6) is 0 Å². The number of hydrogen-bond donors (Lipinski definition) is 1. The Hall–Kier alpha value is 0.560. The first-order chi connectivity index (χ1) is 5.11. The summed E-state index contributed by atoms with van der Waals surface area (Å²) in [6.07, 6.45) is 1.74. The lowest BCUT2D eigenvalue weighted by Crippen LogP contribution is -2.16. The van der Waals surface area contributed by atoms with E-state index in [9.17, 15) is 0 Å². The van der Waals surface area contributed by atoms with Crippen LogP contribution in [0.3, 0.4) is 0 Å².